The highest BCUT2D eigenvalue weighted by Crippen LogP contribution is 2.24. The summed E-state index contributed by atoms with van der Waals surface area (Å²) in [6.07, 6.45) is 4.79. The first kappa shape index (κ1) is 27.1. The van der Waals surface area contributed by atoms with Crippen LogP contribution in [-0.4, -0.2) is 54.9 Å². The molecule has 0 aromatic heterocycles. The smallest absolute Gasteiger partial charge is 0.271 e. The van der Waals surface area contributed by atoms with Gasteiger partial charge in [0.05, 0.1) is 16.9 Å². The lowest BCUT2D eigenvalue weighted by atomic mass is 10.1. The minimum atomic E-state index is -3.97. The van der Waals surface area contributed by atoms with Crippen molar-refractivity contribution in [2.75, 3.05) is 17.1 Å². The number of anilines is 1. The fraction of sp³-hybridized carbons (Fsp3) is 0.440. The van der Waals surface area contributed by atoms with Gasteiger partial charge in [0.2, 0.25) is 21.8 Å². The molecule has 0 heterocycles. The van der Waals surface area contributed by atoms with Crippen molar-refractivity contribution in [3.05, 3.63) is 69.8 Å². The van der Waals surface area contributed by atoms with E-state index in [4.69, 9.17) is 0 Å². The Morgan fingerprint density at radius 3 is 2.36 bits per heavy atom. The zero-order chi connectivity index (χ0) is 26.5. The first-order chi connectivity index (χ1) is 17.0. The quantitative estimate of drug-likeness (QED) is 0.381. The highest BCUT2D eigenvalue weighted by atomic mass is 32.2. The summed E-state index contributed by atoms with van der Waals surface area (Å²) in [5.41, 5.74) is 1.53. The van der Waals surface area contributed by atoms with Gasteiger partial charge in [-0.3, -0.25) is 24.0 Å². The van der Waals surface area contributed by atoms with Crippen LogP contribution in [0.4, 0.5) is 11.4 Å². The predicted octanol–water partition coefficient (Wildman–Crippen LogP) is 3.15. The monoisotopic (exact) mass is 516 g/mol. The lowest BCUT2D eigenvalue weighted by Crippen LogP contribution is -2.52. The third-order valence-corrected chi connectivity index (χ3v) is 7.49. The van der Waals surface area contributed by atoms with Crippen molar-refractivity contribution in [2.24, 2.45) is 0 Å². The van der Waals surface area contributed by atoms with Gasteiger partial charge in [0, 0.05) is 24.7 Å². The van der Waals surface area contributed by atoms with Crippen molar-refractivity contribution in [2.45, 2.75) is 58.2 Å². The molecule has 1 fully saturated rings. The van der Waals surface area contributed by atoms with Crippen molar-refractivity contribution in [1.29, 1.82) is 0 Å². The van der Waals surface area contributed by atoms with Gasteiger partial charge >= 0.3 is 0 Å². The Morgan fingerprint density at radius 2 is 1.78 bits per heavy atom. The number of rotatable bonds is 10. The van der Waals surface area contributed by atoms with Gasteiger partial charge in [-0.05, 0) is 38.3 Å². The molecule has 0 aliphatic heterocycles. The minimum Gasteiger partial charge on any atom is -0.352 e. The van der Waals surface area contributed by atoms with Crippen LogP contribution < -0.4 is 9.62 Å². The first-order valence-electron chi connectivity index (χ1n) is 11.8. The second-order valence-electron chi connectivity index (χ2n) is 9.22. The average molecular weight is 517 g/mol. The lowest BCUT2D eigenvalue weighted by Gasteiger charge is -2.32. The van der Waals surface area contributed by atoms with Gasteiger partial charge in [-0.1, -0.05) is 48.7 Å². The van der Waals surface area contributed by atoms with E-state index >= 15 is 0 Å². The minimum absolute atomic E-state index is 0.00149. The highest BCUT2D eigenvalue weighted by molar-refractivity contribution is 7.92. The number of nitrogens with one attached hydrogen (secondary N) is 1. The molecule has 2 aromatic carbocycles. The van der Waals surface area contributed by atoms with Crippen LogP contribution in [0.5, 0.6) is 0 Å². The third-order valence-electron chi connectivity index (χ3n) is 6.35. The van der Waals surface area contributed by atoms with Crippen LogP contribution in [-0.2, 0) is 26.2 Å². The summed E-state index contributed by atoms with van der Waals surface area (Å²) in [5, 5.41) is 14.2. The summed E-state index contributed by atoms with van der Waals surface area (Å²) in [6.45, 7) is 3.06. The van der Waals surface area contributed by atoms with Gasteiger partial charge in [0.1, 0.15) is 12.6 Å². The standard InChI is InChI=1S/C25H32N4O6S/c1-18-11-13-20(14-12-18)16-27(19(2)25(31)26-21-7-4-5-8-21)24(30)17-28(36(3,34)35)22-9-6-10-23(15-22)29(32)33/h6,9-15,19,21H,4-5,7-8,16-17H2,1-3H3,(H,26,31). The van der Waals surface area contributed by atoms with Gasteiger partial charge < -0.3 is 10.2 Å². The molecule has 0 spiro atoms. The Bertz CT molecular complexity index is 1210. The molecule has 3 rings (SSSR count). The zero-order valence-electron chi connectivity index (χ0n) is 20.7. The number of sulfonamides is 1. The number of carbonyl (C=O) groups excluding carboxylic acids is 2. The first-order valence-corrected chi connectivity index (χ1v) is 13.7. The molecule has 10 nitrogen and oxygen atoms in total. The molecule has 1 saturated carbocycles. The number of nitro benzene ring substituents is 1. The van der Waals surface area contributed by atoms with E-state index in [1.54, 1.807) is 6.92 Å². The Balaban J connectivity index is 1.90. The van der Waals surface area contributed by atoms with E-state index in [0.717, 1.165) is 53.4 Å². The molecule has 0 radical (unpaired) electrons. The summed E-state index contributed by atoms with van der Waals surface area (Å²) in [5.74, 6) is -0.898. The Kier molecular flexibility index (Phi) is 8.67. The maximum absolute atomic E-state index is 13.6. The second kappa shape index (κ2) is 11.5. The van der Waals surface area contributed by atoms with E-state index in [-0.39, 0.29) is 29.9 Å². The molecule has 2 aromatic rings. The van der Waals surface area contributed by atoms with Crippen molar-refractivity contribution in [3.8, 4) is 0 Å². The molecule has 1 aliphatic carbocycles. The molecule has 36 heavy (non-hydrogen) atoms. The molecule has 1 aliphatic rings. The van der Waals surface area contributed by atoms with E-state index < -0.39 is 33.4 Å². The number of hydrogen-bond acceptors (Lipinski definition) is 6. The number of hydrogen-bond donors (Lipinski definition) is 1. The zero-order valence-corrected chi connectivity index (χ0v) is 21.5. The van der Waals surface area contributed by atoms with E-state index in [1.807, 2.05) is 31.2 Å². The van der Waals surface area contributed by atoms with E-state index in [1.165, 1.54) is 23.1 Å². The lowest BCUT2D eigenvalue weighted by molar-refractivity contribution is -0.384. The largest absolute Gasteiger partial charge is 0.352 e. The number of amides is 2. The summed E-state index contributed by atoms with van der Waals surface area (Å²) in [4.78, 5) is 38.5. The van der Waals surface area contributed by atoms with Gasteiger partial charge in [-0.2, -0.15) is 0 Å². The Hall–Kier alpha value is -3.47. The number of carbonyl (C=O) groups is 2. The summed E-state index contributed by atoms with van der Waals surface area (Å²) < 4.78 is 26.0. The van der Waals surface area contributed by atoms with Crippen molar-refractivity contribution in [3.63, 3.8) is 0 Å². The van der Waals surface area contributed by atoms with E-state index in [0.29, 0.717) is 0 Å². The van der Waals surface area contributed by atoms with Gasteiger partial charge in [-0.15, -0.1) is 0 Å². The van der Waals surface area contributed by atoms with E-state index in [9.17, 15) is 28.1 Å². The Morgan fingerprint density at radius 1 is 1.14 bits per heavy atom. The molecular formula is C25H32N4O6S. The summed E-state index contributed by atoms with van der Waals surface area (Å²) >= 11 is 0. The molecule has 194 valence electrons. The number of non-ortho nitro benzene ring substituents is 1. The van der Waals surface area contributed by atoms with Crippen molar-refractivity contribution in [1.82, 2.24) is 10.2 Å². The molecule has 1 atom stereocenters. The predicted molar refractivity (Wildman–Crippen MR) is 137 cm³/mol. The van der Waals surface area contributed by atoms with Crippen LogP contribution in [0.3, 0.4) is 0 Å². The molecule has 11 heteroatoms. The SMILES string of the molecule is Cc1ccc(CN(C(=O)CN(c2cccc([N+](=O)[O-])c2)S(C)(=O)=O)C(C)C(=O)NC2CCCC2)cc1. The fourth-order valence-electron chi connectivity index (χ4n) is 4.24. The number of benzene rings is 2. The highest BCUT2D eigenvalue weighted by Gasteiger charge is 2.31. The maximum atomic E-state index is 13.6. The van der Waals surface area contributed by atoms with Gasteiger partial charge in [-0.25, -0.2) is 8.42 Å². The van der Waals surface area contributed by atoms with Crippen LogP contribution in [0.2, 0.25) is 0 Å². The van der Waals surface area contributed by atoms with Crippen LogP contribution in [0, 0.1) is 17.0 Å². The summed E-state index contributed by atoms with van der Waals surface area (Å²) in [7, 11) is -3.97. The molecule has 1 N–H and O–H groups in total. The normalized spacial score (nSPS) is 14.8. The van der Waals surface area contributed by atoms with Crippen LogP contribution in [0.1, 0.15) is 43.7 Å². The molecule has 0 saturated heterocycles. The van der Waals surface area contributed by atoms with E-state index in [2.05, 4.69) is 5.32 Å². The van der Waals surface area contributed by atoms with Crippen LogP contribution >= 0.6 is 0 Å². The number of aryl methyl sites for hydroxylation is 1. The van der Waals surface area contributed by atoms with Crippen molar-refractivity contribution < 1.29 is 22.9 Å². The molecule has 1 unspecified atom stereocenters. The molecule has 2 amide bonds. The number of nitro groups is 1. The van der Waals surface area contributed by atoms with Crippen LogP contribution in [0.15, 0.2) is 48.5 Å². The maximum Gasteiger partial charge on any atom is 0.271 e. The van der Waals surface area contributed by atoms with Gasteiger partial charge in [0.25, 0.3) is 5.69 Å². The average Bonchev–Trinajstić information content (AvgIpc) is 3.34. The Labute approximate surface area is 211 Å². The fourth-order valence-corrected chi connectivity index (χ4v) is 5.08. The van der Waals surface area contributed by atoms with Crippen molar-refractivity contribution >= 4 is 33.2 Å². The van der Waals surface area contributed by atoms with Crippen LogP contribution in [0.25, 0.3) is 0 Å². The third kappa shape index (κ3) is 7.03. The molecular weight excluding hydrogens is 484 g/mol. The number of nitrogens with zero attached hydrogens (tertiary/aromatic N) is 3. The van der Waals surface area contributed by atoms with Gasteiger partial charge in [0.15, 0.2) is 0 Å². The molecule has 0 bridgehead atoms. The second-order valence-corrected chi connectivity index (χ2v) is 11.1. The summed E-state index contributed by atoms with van der Waals surface area (Å²) in [6, 6.07) is 11.8. The topological polar surface area (TPSA) is 130 Å².